The van der Waals surface area contributed by atoms with Crippen molar-refractivity contribution in [2.24, 2.45) is 10.2 Å². The average molecular weight is 424 g/mol. The number of unbranched alkanes of at least 4 members (excludes halogenated alkanes) is 4. The van der Waals surface area contributed by atoms with E-state index in [1.54, 1.807) is 12.1 Å². The van der Waals surface area contributed by atoms with Gasteiger partial charge in [-0.1, -0.05) is 32.6 Å². The fraction of sp³-hybridized carbons (Fsp3) is 0.500. The smallest absolute Gasteiger partial charge is 0.269 e. The first-order valence-electron chi connectivity index (χ1n) is 11.3. The highest BCUT2D eigenvalue weighted by Crippen LogP contribution is 2.28. The number of anilines is 1. The third kappa shape index (κ3) is 6.85. The molecule has 0 bridgehead atoms. The Bertz CT molecular complexity index is 874. The Morgan fingerprint density at radius 3 is 2.29 bits per heavy atom. The maximum absolute atomic E-state index is 10.7. The van der Waals surface area contributed by atoms with E-state index in [2.05, 4.69) is 39.1 Å². The average Bonchev–Trinajstić information content (AvgIpc) is 2.79. The molecule has 0 aliphatic carbocycles. The van der Waals surface area contributed by atoms with Crippen LogP contribution in [0.15, 0.2) is 52.7 Å². The molecule has 7 heteroatoms. The first-order chi connectivity index (χ1) is 15.1. The van der Waals surface area contributed by atoms with E-state index in [4.69, 9.17) is 0 Å². The summed E-state index contributed by atoms with van der Waals surface area (Å²) in [6, 6.07) is 12.4. The van der Waals surface area contributed by atoms with Crippen molar-refractivity contribution >= 4 is 22.7 Å². The number of benzene rings is 2. The maximum Gasteiger partial charge on any atom is 0.269 e. The SMILES string of the molecule is CCCCCCCN1CCN(c2ccc(N=Nc3ccc([N+](=O)[O-])cc3)c(C)c2)CC1. The highest BCUT2D eigenvalue weighted by atomic mass is 16.6. The molecule has 0 saturated carbocycles. The summed E-state index contributed by atoms with van der Waals surface area (Å²) in [5, 5.41) is 19.3. The Balaban J connectivity index is 1.51. The van der Waals surface area contributed by atoms with Crippen molar-refractivity contribution in [2.75, 3.05) is 37.6 Å². The van der Waals surface area contributed by atoms with Crippen LogP contribution in [0.3, 0.4) is 0 Å². The van der Waals surface area contributed by atoms with Crippen molar-refractivity contribution in [1.82, 2.24) is 4.90 Å². The minimum absolute atomic E-state index is 0.0519. The topological polar surface area (TPSA) is 74.3 Å². The van der Waals surface area contributed by atoms with Crippen molar-refractivity contribution in [3.05, 3.63) is 58.1 Å². The van der Waals surface area contributed by atoms with E-state index in [-0.39, 0.29) is 5.69 Å². The predicted octanol–water partition coefficient (Wildman–Crippen LogP) is 6.41. The lowest BCUT2D eigenvalue weighted by Gasteiger charge is -2.36. The molecule has 2 aromatic rings. The second kappa shape index (κ2) is 11.6. The van der Waals surface area contributed by atoms with Crippen LogP contribution in [-0.4, -0.2) is 42.5 Å². The largest absolute Gasteiger partial charge is 0.369 e. The Kier molecular flexibility index (Phi) is 8.53. The normalized spacial score (nSPS) is 15.0. The van der Waals surface area contributed by atoms with Gasteiger partial charge in [0.05, 0.1) is 16.3 Å². The zero-order valence-corrected chi connectivity index (χ0v) is 18.7. The van der Waals surface area contributed by atoms with Gasteiger partial charge in [-0.3, -0.25) is 15.0 Å². The van der Waals surface area contributed by atoms with Gasteiger partial charge in [0.15, 0.2) is 0 Å². The van der Waals surface area contributed by atoms with E-state index in [9.17, 15) is 10.1 Å². The van der Waals surface area contributed by atoms with Crippen molar-refractivity contribution in [1.29, 1.82) is 0 Å². The molecular weight excluding hydrogens is 390 g/mol. The van der Waals surface area contributed by atoms with Gasteiger partial charge in [-0.05, 0) is 55.8 Å². The van der Waals surface area contributed by atoms with Crippen molar-refractivity contribution < 1.29 is 4.92 Å². The molecule has 166 valence electrons. The van der Waals surface area contributed by atoms with E-state index in [1.807, 2.05) is 13.0 Å². The number of nitro groups is 1. The minimum atomic E-state index is -0.419. The Morgan fingerprint density at radius 2 is 1.65 bits per heavy atom. The van der Waals surface area contributed by atoms with Gasteiger partial charge < -0.3 is 4.90 Å². The number of hydrogen-bond acceptors (Lipinski definition) is 6. The summed E-state index contributed by atoms with van der Waals surface area (Å²) in [7, 11) is 0. The van der Waals surface area contributed by atoms with Crippen LogP contribution in [0.1, 0.15) is 44.6 Å². The monoisotopic (exact) mass is 423 g/mol. The summed E-state index contributed by atoms with van der Waals surface area (Å²) in [6.07, 6.45) is 6.69. The molecule has 1 fully saturated rings. The number of hydrogen-bond donors (Lipinski definition) is 0. The van der Waals surface area contributed by atoms with Gasteiger partial charge in [-0.2, -0.15) is 10.2 Å². The molecule has 1 aliphatic rings. The standard InChI is InChI=1S/C24H33N5O2/c1-3-4-5-6-7-14-27-15-17-28(18-16-27)23-12-13-24(20(2)19-23)26-25-21-8-10-22(11-9-21)29(30)31/h8-13,19H,3-7,14-18H2,1-2H3. The van der Waals surface area contributed by atoms with Crippen LogP contribution in [0.2, 0.25) is 0 Å². The van der Waals surface area contributed by atoms with Gasteiger partial charge in [-0.15, -0.1) is 0 Å². The van der Waals surface area contributed by atoms with Gasteiger partial charge >= 0.3 is 0 Å². The first kappa shape index (κ1) is 22.9. The van der Waals surface area contributed by atoms with Crippen LogP contribution >= 0.6 is 0 Å². The van der Waals surface area contributed by atoms with Crippen LogP contribution in [0.5, 0.6) is 0 Å². The number of aryl methyl sites for hydroxylation is 1. The summed E-state index contributed by atoms with van der Waals surface area (Å²) in [4.78, 5) is 15.4. The van der Waals surface area contributed by atoms with E-state index in [1.165, 1.54) is 56.5 Å². The maximum atomic E-state index is 10.7. The van der Waals surface area contributed by atoms with E-state index < -0.39 is 4.92 Å². The summed E-state index contributed by atoms with van der Waals surface area (Å²) in [5.41, 5.74) is 3.76. The van der Waals surface area contributed by atoms with Crippen molar-refractivity contribution in [3.63, 3.8) is 0 Å². The molecule has 1 aliphatic heterocycles. The van der Waals surface area contributed by atoms with Crippen LogP contribution < -0.4 is 4.90 Å². The molecule has 31 heavy (non-hydrogen) atoms. The molecule has 2 aromatic carbocycles. The number of azo groups is 1. The lowest BCUT2D eigenvalue weighted by Crippen LogP contribution is -2.46. The van der Waals surface area contributed by atoms with Crippen LogP contribution in [0.25, 0.3) is 0 Å². The fourth-order valence-corrected chi connectivity index (χ4v) is 3.87. The van der Waals surface area contributed by atoms with E-state index in [0.717, 1.165) is 37.4 Å². The zero-order valence-electron chi connectivity index (χ0n) is 18.7. The van der Waals surface area contributed by atoms with E-state index >= 15 is 0 Å². The number of piperazine rings is 1. The van der Waals surface area contributed by atoms with Gasteiger partial charge in [-0.25, -0.2) is 0 Å². The third-order valence-electron chi connectivity index (χ3n) is 5.83. The number of nitro benzene ring substituents is 1. The molecule has 3 rings (SSSR count). The molecule has 7 nitrogen and oxygen atoms in total. The molecule has 0 atom stereocenters. The van der Waals surface area contributed by atoms with Crippen molar-refractivity contribution in [2.45, 2.75) is 46.0 Å². The molecular formula is C24H33N5O2. The Hall–Kier alpha value is -2.80. The summed E-state index contributed by atoms with van der Waals surface area (Å²) in [6.45, 7) is 9.87. The van der Waals surface area contributed by atoms with Gasteiger partial charge in [0.25, 0.3) is 5.69 Å². The van der Waals surface area contributed by atoms with Gasteiger partial charge in [0, 0.05) is 44.0 Å². The minimum Gasteiger partial charge on any atom is -0.369 e. The van der Waals surface area contributed by atoms with Gasteiger partial charge in [0.1, 0.15) is 0 Å². The summed E-state index contributed by atoms with van der Waals surface area (Å²) >= 11 is 0. The van der Waals surface area contributed by atoms with Crippen LogP contribution in [0, 0.1) is 17.0 Å². The molecule has 0 aromatic heterocycles. The fourth-order valence-electron chi connectivity index (χ4n) is 3.87. The zero-order chi connectivity index (χ0) is 22.1. The molecule has 0 amide bonds. The summed E-state index contributed by atoms with van der Waals surface area (Å²) in [5.74, 6) is 0. The lowest BCUT2D eigenvalue weighted by molar-refractivity contribution is -0.384. The molecule has 1 heterocycles. The summed E-state index contributed by atoms with van der Waals surface area (Å²) < 4.78 is 0. The quantitative estimate of drug-likeness (QED) is 0.191. The number of nitrogens with zero attached hydrogens (tertiary/aromatic N) is 5. The first-order valence-corrected chi connectivity index (χ1v) is 11.3. The number of rotatable bonds is 10. The predicted molar refractivity (Wildman–Crippen MR) is 126 cm³/mol. The van der Waals surface area contributed by atoms with Crippen LogP contribution in [0.4, 0.5) is 22.7 Å². The molecule has 0 unspecified atom stereocenters. The highest BCUT2D eigenvalue weighted by Gasteiger charge is 2.17. The molecule has 0 spiro atoms. The van der Waals surface area contributed by atoms with Crippen molar-refractivity contribution in [3.8, 4) is 0 Å². The van der Waals surface area contributed by atoms with E-state index in [0.29, 0.717) is 5.69 Å². The molecule has 0 N–H and O–H groups in total. The van der Waals surface area contributed by atoms with Gasteiger partial charge in [0.2, 0.25) is 0 Å². The molecule has 0 radical (unpaired) electrons. The van der Waals surface area contributed by atoms with Crippen LogP contribution in [-0.2, 0) is 0 Å². The third-order valence-corrected chi connectivity index (χ3v) is 5.83. The highest BCUT2D eigenvalue weighted by molar-refractivity contribution is 5.58. The lowest BCUT2D eigenvalue weighted by atomic mass is 10.1. The Labute approximate surface area is 184 Å². The second-order valence-electron chi connectivity index (χ2n) is 8.19. The number of non-ortho nitro benzene ring substituents is 1. The Morgan fingerprint density at radius 1 is 0.935 bits per heavy atom. The second-order valence-corrected chi connectivity index (χ2v) is 8.19. The molecule has 1 saturated heterocycles.